The van der Waals surface area contributed by atoms with Gasteiger partial charge in [-0.1, -0.05) is 30.3 Å². The Hall–Kier alpha value is -3.15. The lowest BCUT2D eigenvalue weighted by Crippen LogP contribution is -2.23. The monoisotopic (exact) mass is 338 g/mol. The molecule has 1 aromatic heterocycles. The van der Waals surface area contributed by atoms with E-state index >= 15 is 0 Å². The lowest BCUT2D eigenvalue weighted by molar-refractivity contribution is -0.144. The fraction of sp³-hybridized carbons (Fsp3) is 0.211. The number of rotatable bonds is 7. The lowest BCUT2D eigenvalue weighted by atomic mass is 10.2. The van der Waals surface area contributed by atoms with Crippen molar-refractivity contribution in [1.29, 1.82) is 0 Å². The molecule has 3 rings (SSSR count). The number of fused-ring (bicyclic) bond motifs is 1. The van der Waals surface area contributed by atoms with Crippen LogP contribution in [0.2, 0.25) is 0 Å². The number of carbonyl (C=O) groups excluding carboxylic acids is 1. The maximum absolute atomic E-state index is 12.3. The van der Waals surface area contributed by atoms with Gasteiger partial charge < -0.3 is 9.47 Å². The van der Waals surface area contributed by atoms with E-state index in [0.717, 1.165) is 5.75 Å². The highest BCUT2D eigenvalue weighted by Crippen LogP contribution is 2.08. The van der Waals surface area contributed by atoms with E-state index in [9.17, 15) is 9.59 Å². The fourth-order valence-corrected chi connectivity index (χ4v) is 2.38. The first kappa shape index (κ1) is 16.7. The topological polar surface area (TPSA) is 70.4 Å². The van der Waals surface area contributed by atoms with Gasteiger partial charge in [0, 0.05) is 6.54 Å². The first-order valence-electron chi connectivity index (χ1n) is 8.02. The van der Waals surface area contributed by atoms with Gasteiger partial charge in [0.25, 0.3) is 5.56 Å². The van der Waals surface area contributed by atoms with Gasteiger partial charge in [-0.05, 0) is 24.3 Å². The molecule has 0 N–H and O–H groups in total. The highest BCUT2D eigenvalue weighted by atomic mass is 16.6. The summed E-state index contributed by atoms with van der Waals surface area (Å²) in [4.78, 5) is 28.3. The maximum atomic E-state index is 12.3. The molecule has 1 heterocycles. The number of nitrogens with zero attached hydrogens (tertiary/aromatic N) is 2. The molecule has 0 amide bonds. The molecule has 25 heavy (non-hydrogen) atoms. The molecule has 0 atom stereocenters. The van der Waals surface area contributed by atoms with Crippen LogP contribution in [0.4, 0.5) is 0 Å². The van der Waals surface area contributed by atoms with Crippen molar-refractivity contribution in [2.75, 3.05) is 13.2 Å². The number of hydrogen-bond donors (Lipinski definition) is 0. The summed E-state index contributed by atoms with van der Waals surface area (Å²) in [5.74, 6) is 0.351. The molecule has 6 nitrogen and oxygen atoms in total. The molecule has 0 aliphatic rings. The zero-order valence-corrected chi connectivity index (χ0v) is 13.6. The normalized spacial score (nSPS) is 10.6. The van der Waals surface area contributed by atoms with Crippen LogP contribution >= 0.6 is 0 Å². The number of carbonyl (C=O) groups is 1. The van der Waals surface area contributed by atoms with Gasteiger partial charge in [0.2, 0.25) is 0 Å². The molecule has 0 spiro atoms. The van der Waals surface area contributed by atoms with E-state index in [-0.39, 0.29) is 37.7 Å². The predicted molar refractivity (Wildman–Crippen MR) is 93.5 cm³/mol. The minimum absolute atomic E-state index is 0.102. The molecular formula is C19H18N2O4. The third-order valence-electron chi connectivity index (χ3n) is 3.65. The van der Waals surface area contributed by atoms with Crippen molar-refractivity contribution >= 4 is 16.9 Å². The fourth-order valence-electron chi connectivity index (χ4n) is 2.38. The van der Waals surface area contributed by atoms with Crippen molar-refractivity contribution in [3.05, 3.63) is 71.3 Å². The number of esters is 1. The second-order valence-corrected chi connectivity index (χ2v) is 5.39. The van der Waals surface area contributed by atoms with Crippen LogP contribution in [0.1, 0.15) is 6.42 Å². The number of benzene rings is 2. The van der Waals surface area contributed by atoms with Crippen LogP contribution in [0.15, 0.2) is 65.7 Å². The molecule has 0 aliphatic carbocycles. The van der Waals surface area contributed by atoms with Gasteiger partial charge in [-0.2, -0.15) is 0 Å². The second-order valence-electron chi connectivity index (χ2n) is 5.39. The maximum Gasteiger partial charge on any atom is 0.307 e. The molecule has 128 valence electrons. The van der Waals surface area contributed by atoms with Crippen molar-refractivity contribution in [3.8, 4) is 5.75 Å². The number of ether oxygens (including phenoxy) is 2. The van der Waals surface area contributed by atoms with E-state index in [1.165, 1.54) is 10.9 Å². The van der Waals surface area contributed by atoms with Gasteiger partial charge >= 0.3 is 5.97 Å². The van der Waals surface area contributed by atoms with Gasteiger partial charge in [-0.25, -0.2) is 4.98 Å². The van der Waals surface area contributed by atoms with Crippen LogP contribution in [0.3, 0.4) is 0 Å². The average molecular weight is 338 g/mol. The molecule has 0 fully saturated rings. The highest BCUT2D eigenvalue weighted by molar-refractivity contribution is 5.77. The Morgan fingerprint density at radius 3 is 2.60 bits per heavy atom. The minimum atomic E-state index is -0.378. The highest BCUT2D eigenvalue weighted by Gasteiger charge is 2.07. The van der Waals surface area contributed by atoms with Gasteiger partial charge in [0.15, 0.2) is 0 Å². The Balaban J connectivity index is 1.46. The molecule has 3 aromatic rings. The van der Waals surface area contributed by atoms with Crippen LogP contribution < -0.4 is 10.3 Å². The van der Waals surface area contributed by atoms with E-state index in [4.69, 9.17) is 9.47 Å². The van der Waals surface area contributed by atoms with Crippen molar-refractivity contribution in [3.63, 3.8) is 0 Å². The standard InChI is InChI=1S/C19H18N2O4/c22-18(25-13-12-24-15-6-2-1-3-7-15)10-11-21-14-20-17-9-5-4-8-16(17)19(21)23/h1-9,14H,10-13H2. The Morgan fingerprint density at radius 1 is 1.00 bits per heavy atom. The van der Waals surface area contributed by atoms with Gasteiger partial charge in [0.05, 0.1) is 23.7 Å². The van der Waals surface area contributed by atoms with Crippen LogP contribution in [0.5, 0.6) is 5.75 Å². The predicted octanol–water partition coefficient (Wildman–Crippen LogP) is 2.41. The summed E-state index contributed by atoms with van der Waals surface area (Å²) in [6.45, 7) is 0.681. The lowest BCUT2D eigenvalue weighted by Gasteiger charge is -2.08. The van der Waals surface area contributed by atoms with E-state index < -0.39 is 0 Å². The molecule has 2 aromatic carbocycles. The third kappa shape index (κ3) is 4.44. The first-order chi connectivity index (χ1) is 12.2. The van der Waals surface area contributed by atoms with E-state index in [1.54, 1.807) is 18.2 Å². The summed E-state index contributed by atoms with van der Waals surface area (Å²) < 4.78 is 12.0. The summed E-state index contributed by atoms with van der Waals surface area (Å²) in [5, 5.41) is 0.537. The molecule has 0 bridgehead atoms. The molecule has 6 heteroatoms. The van der Waals surface area contributed by atoms with Crippen molar-refractivity contribution in [2.45, 2.75) is 13.0 Å². The van der Waals surface area contributed by atoms with Crippen molar-refractivity contribution in [2.24, 2.45) is 0 Å². The Morgan fingerprint density at radius 2 is 1.76 bits per heavy atom. The Kier molecular flexibility index (Phi) is 5.41. The van der Waals surface area contributed by atoms with Crippen LogP contribution in [-0.2, 0) is 16.1 Å². The number of para-hydroxylation sites is 2. The van der Waals surface area contributed by atoms with E-state index in [2.05, 4.69) is 4.98 Å². The van der Waals surface area contributed by atoms with E-state index in [0.29, 0.717) is 10.9 Å². The minimum Gasteiger partial charge on any atom is -0.490 e. The second kappa shape index (κ2) is 8.10. The Labute approximate surface area is 144 Å². The zero-order valence-electron chi connectivity index (χ0n) is 13.6. The molecule has 0 aliphatic heterocycles. The SMILES string of the molecule is O=C(CCn1cnc2ccccc2c1=O)OCCOc1ccccc1. The smallest absolute Gasteiger partial charge is 0.307 e. The summed E-state index contributed by atoms with van der Waals surface area (Å²) in [5.41, 5.74) is 0.482. The number of hydrogen-bond acceptors (Lipinski definition) is 5. The largest absolute Gasteiger partial charge is 0.490 e. The zero-order chi connectivity index (χ0) is 17.5. The van der Waals surface area contributed by atoms with Crippen molar-refractivity contribution in [1.82, 2.24) is 9.55 Å². The van der Waals surface area contributed by atoms with Gasteiger partial charge in [0.1, 0.15) is 19.0 Å². The molecule has 0 saturated carbocycles. The van der Waals surface area contributed by atoms with Crippen LogP contribution in [0.25, 0.3) is 10.9 Å². The summed E-state index contributed by atoms with van der Waals surface area (Å²) in [7, 11) is 0. The van der Waals surface area contributed by atoms with Gasteiger partial charge in [-0.15, -0.1) is 0 Å². The number of aromatic nitrogens is 2. The van der Waals surface area contributed by atoms with Crippen LogP contribution in [-0.4, -0.2) is 28.7 Å². The van der Waals surface area contributed by atoms with Crippen molar-refractivity contribution < 1.29 is 14.3 Å². The third-order valence-corrected chi connectivity index (χ3v) is 3.65. The summed E-state index contributed by atoms with van der Waals surface area (Å²) in [6.07, 6.45) is 1.56. The average Bonchev–Trinajstić information content (AvgIpc) is 2.66. The molecule has 0 saturated heterocycles. The number of aryl methyl sites for hydroxylation is 1. The molecule has 0 unspecified atom stereocenters. The molecular weight excluding hydrogens is 320 g/mol. The summed E-state index contributed by atoms with van der Waals surface area (Å²) >= 11 is 0. The van der Waals surface area contributed by atoms with E-state index in [1.807, 2.05) is 36.4 Å². The van der Waals surface area contributed by atoms with Gasteiger partial charge in [-0.3, -0.25) is 14.2 Å². The first-order valence-corrected chi connectivity index (χ1v) is 8.02. The molecule has 0 radical (unpaired) electrons. The van der Waals surface area contributed by atoms with Crippen LogP contribution in [0, 0.1) is 0 Å². The quantitative estimate of drug-likeness (QED) is 0.489. The summed E-state index contributed by atoms with van der Waals surface area (Å²) in [6, 6.07) is 16.4. The Bertz CT molecular complexity index is 906.